The van der Waals surface area contributed by atoms with Gasteiger partial charge in [0, 0.05) is 20.1 Å². The fraction of sp³-hybridized carbons (Fsp3) is 0.412. The molecule has 1 spiro atoms. The van der Waals surface area contributed by atoms with Crippen LogP contribution in [0.3, 0.4) is 0 Å². The molecule has 0 N–H and O–H groups in total. The molecular weight excluding hydrogens is 486 g/mol. The number of carboxylic acid groups (broad SMARTS) is 1. The summed E-state index contributed by atoms with van der Waals surface area (Å²) in [7, 11) is 3.45. The van der Waals surface area contributed by atoms with E-state index in [1.807, 2.05) is 12.1 Å². The van der Waals surface area contributed by atoms with Gasteiger partial charge in [-0.05, 0) is 133 Å². The second-order valence-electron chi connectivity index (χ2n) is 11.8. The number of nitrogens with zero attached hydrogens (tertiary/aromatic N) is 1. The Morgan fingerprint density at radius 2 is 1.72 bits per heavy atom. The monoisotopic (exact) mass is 524 g/mol. The molecule has 5 rings (SSSR count). The lowest BCUT2D eigenvalue weighted by atomic mass is 9.86. The van der Waals surface area contributed by atoms with Crippen LogP contribution in [0.15, 0.2) is 48.5 Å². The van der Waals surface area contributed by atoms with Crippen molar-refractivity contribution in [2.24, 2.45) is 5.41 Å². The minimum Gasteiger partial charge on any atom is -0.550 e. The van der Waals surface area contributed by atoms with Crippen LogP contribution in [0.4, 0.5) is 0 Å². The molecular formula is C34H38NO4-. The van der Waals surface area contributed by atoms with Gasteiger partial charge in [0.15, 0.2) is 6.61 Å². The molecule has 0 saturated heterocycles. The van der Waals surface area contributed by atoms with E-state index in [4.69, 9.17) is 4.74 Å². The van der Waals surface area contributed by atoms with E-state index in [1.165, 1.54) is 43.8 Å². The van der Waals surface area contributed by atoms with E-state index in [-0.39, 0.29) is 30.3 Å². The van der Waals surface area contributed by atoms with Crippen molar-refractivity contribution in [2.75, 3.05) is 20.7 Å². The molecule has 1 fully saturated rings. The molecule has 0 heterocycles. The fourth-order valence-electron chi connectivity index (χ4n) is 6.53. The first-order chi connectivity index (χ1) is 18.6. The van der Waals surface area contributed by atoms with Crippen molar-refractivity contribution in [2.45, 2.75) is 65.2 Å². The zero-order chi connectivity index (χ0) is 27.9. The maximum absolute atomic E-state index is 11.9. The number of fused-ring (bicyclic) bond motifs is 1. The third-order valence-corrected chi connectivity index (χ3v) is 8.89. The Kier molecular flexibility index (Phi) is 7.28. The second kappa shape index (κ2) is 10.5. The molecule has 1 atom stereocenters. The van der Waals surface area contributed by atoms with Crippen molar-refractivity contribution in [1.82, 2.24) is 4.90 Å². The van der Waals surface area contributed by atoms with Crippen LogP contribution in [0, 0.1) is 26.2 Å². The van der Waals surface area contributed by atoms with Crippen LogP contribution in [0.1, 0.15) is 64.1 Å². The molecule has 5 nitrogen and oxygen atoms in total. The molecule has 1 saturated carbocycles. The van der Waals surface area contributed by atoms with E-state index < -0.39 is 5.97 Å². The molecule has 39 heavy (non-hydrogen) atoms. The minimum atomic E-state index is -0.939. The van der Waals surface area contributed by atoms with Gasteiger partial charge in [0.25, 0.3) is 5.91 Å². The van der Waals surface area contributed by atoms with Gasteiger partial charge in [-0.2, -0.15) is 0 Å². The summed E-state index contributed by atoms with van der Waals surface area (Å²) in [6.07, 6.45) is 5.28. The van der Waals surface area contributed by atoms with Gasteiger partial charge in [-0.15, -0.1) is 0 Å². The van der Waals surface area contributed by atoms with Gasteiger partial charge in [0.05, 0.1) is 0 Å². The van der Waals surface area contributed by atoms with Gasteiger partial charge in [-0.1, -0.05) is 36.4 Å². The number of hydrogen-bond donors (Lipinski definition) is 0. The van der Waals surface area contributed by atoms with E-state index >= 15 is 0 Å². The quantitative estimate of drug-likeness (QED) is 0.391. The summed E-state index contributed by atoms with van der Waals surface area (Å²) in [4.78, 5) is 24.8. The van der Waals surface area contributed by atoms with E-state index in [0.29, 0.717) is 5.75 Å². The Bertz CT molecular complexity index is 1410. The van der Waals surface area contributed by atoms with E-state index in [9.17, 15) is 14.7 Å². The highest BCUT2D eigenvalue weighted by atomic mass is 16.5. The number of carbonyl (C=O) groups excluding carboxylic acids is 2. The Morgan fingerprint density at radius 3 is 2.36 bits per heavy atom. The SMILES string of the molecule is Cc1cc(OCC(=O)N(C)C)cc(C)c1-c1cccc(CCc2ccc3c(c2)CC2(CC2)C3CC(=O)[O-])c1C. The van der Waals surface area contributed by atoms with Crippen LogP contribution < -0.4 is 9.84 Å². The summed E-state index contributed by atoms with van der Waals surface area (Å²) in [6, 6.07) is 17.3. The summed E-state index contributed by atoms with van der Waals surface area (Å²) < 4.78 is 5.77. The van der Waals surface area contributed by atoms with Crippen LogP contribution >= 0.6 is 0 Å². The number of likely N-dealkylation sites (N-methyl/N-ethyl adjacent to an activating group) is 1. The molecule has 1 amide bonds. The molecule has 1 unspecified atom stereocenters. The number of rotatable bonds is 9. The molecule has 3 aromatic rings. The normalized spacial score (nSPS) is 16.7. The van der Waals surface area contributed by atoms with E-state index in [2.05, 4.69) is 57.2 Å². The maximum Gasteiger partial charge on any atom is 0.259 e. The molecule has 2 aliphatic carbocycles. The molecule has 5 heteroatoms. The van der Waals surface area contributed by atoms with Crippen molar-refractivity contribution in [3.8, 4) is 16.9 Å². The van der Waals surface area contributed by atoms with Crippen molar-refractivity contribution in [3.05, 3.63) is 87.5 Å². The number of carbonyl (C=O) groups is 2. The average molecular weight is 525 g/mol. The van der Waals surface area contributed by atoms with Crippen molar-refractivity contribution >= 4 is 11.9 Å². The largest absolute Gasteiger partial charge is 0.550 e. The minimum absolute atomic E-state index is 0.0286. The molecule has 0 aromatic heterocycles. The highest BCUT2D eigenvalue weighted by Crippen LogP contribution is 2.64. The van der Waals surface area contributed by atoms with Crippen LogP contribution in [0.5, 0.6) is 5.75 Å². The predicted octanol–water partition coefficient (Wildman–Crippen LogP) is 5.09. The Morgan fingerprint density at radius 1 is 1.00 bits per heavy atom. The Balaban J connectivity index is 1.32. The lowest BCUT2D eigenvalue weighted by Gasteiger charge is -2.20. The highest BCUT2D eigenvalue weighted by Gasteiger charge is 2.53. The predicted molar refractivity (Wildman–Crippen MR) is 152 cm³/mol. The van der Waals surface area contributed by atoms with E-state index in [0.717, 1.165) is 43.2 Å². The standard InChI is InChI=1S/C34H39NO4/c1-21-15-27(39-20-31(36)35(4)5)16-22(2)33(21)28-8-6-7-25(23(28)3)11-9-24-10-12-29-26(17-24)19-34(13-14-34)30(29)18-32(37)38/h6-8,10,12,15-17,30H,9,11,13-14,18-20H2,1-5H3,(H,37,38)/p-1. The molecule has 0 aliphatic heterocycles. The molecule has 0 bridgehead atoms. The summed E-state index contributed by atoms with van der Waals surface area (Å²) in [5, 5.41) is 11.4. The molecule has 204 valence electrons. The van der Waals surface area contributed by atoms with Crippen molar-refractivity contribution < 1.29 is 19.4 Å². The zero-order valence-corrected chi connectivity index (χ0v) is 23.7. The van der Waals surface area contributed by atoms with Gasteiger partial charge >= 0.3 is 0 Å². The third-order valence-electron chi connectivity index (χ3n) is 8.89. The van der Waals surface area contributed by atoms with Crippen molar-refractivity contribution in [1.29, 1.82) is 0 Å². The van der Waals surface area contributed by atoms with Gasteiger partial charge < -0.3 is 19.5 Å². The first kappa shape index (κ1) is 27.0. The second-order valence-corrected chi connectivity index (χ2v) is 11.8. The van der Waals surface area contributed by atoms with Gasteiger partial charge in [0.2, 0.25) is 0 Å². The molecule has 0 radical (unpaired) electrons. The lowest BCUT2D eigenvalue weighted by Crippen LogP contribution is -2.27. The first-order valence-electron chi connectivity index (χ1n) is 13.9. The van der Waals surface area contributed by atoms with Crippen LogP contribution in [-0.4, -0.2) is 37.5 Å². The number of aliphatic carboxylic acids is 1. The Hall–Kier alpha value is -3.60. The average Bonchev–Trinajstić information content (AvgIpc) is 3.59. The summed E-state index contributed by atoms with van der Waals surface area (Å²) in [5.74, 6) is -0.178. The van der Waals surface area contributed by atoms with Gasteiger partial charge in [-0.3, -0.25) is 4.79 Å². The summed E-state index contributed by atoms with van der Waals surface area (Å²) in [5.41, 5.74) is 11.4. The van der Waals surface area contributed by atoms with Gasteiger partial charge in [-0.25, -0.2) is 0 Å². The Labute approximate surface area is 231 Å². The fourth-order valence-corrected chi connectivity index (χ4v) is 6.53. The zero-order valence-electron chi connectivity index (χ0n) is 23.7. The number of carboxylic acids is 1. The van der Waals surface area contributed by atoms with Gasteiger partial charge in [0.1, 0.15) is 5.75 Å². The molecule has 2 aliphatic rings. The number of ether oxygens (including phenoxy) is 1. The maximum atomic E-state index is 11.9. The summed E-state index contributed by atoms with van der Waals surface area (Å²) in [6.45, 7) is 6.43. The number of amides is 1. The smallest absolute Gasteiger partial charge is 0.259 e. The highest BCUT2D eigenvalue weighted by molar-refractivity contribution is 5.78. The van der Waals surface area contributed by atoms with Crippen LogP contribution in [0.2, 0.25) is 0 Å². The van der Waals surface area contributed by atoms with Crippen LogP contribution in [0.25, 0.3) is 11.1 Å². The number of benzene rings is 3. The van der Waals surface area contributed by atoms with Crippen LogP contribution in [-0.2, 0) is 28.9 Å². The number of aryl methyl sites for hydroxylation is 4. The lowest BCUT2D eigenvalue weighted by molar-refractivity contribution is -0.306. The topological polar surface area (TPSA) is 69.7 Å². The first-order valence-corrected chi connectivity index (χ1v) is 13.9. The summed E-state index contributed by atoms with van der Waals surface area (Å²) >= 11 is 0. The number of hydrogen-bond acceptors (Lipinski definition) is 4. The van der Waals surface area contributed by atoms with Crippen molar-refractivity contribution in [3.63, 3.8) is 0 Å². The third kappa shape index (κ3) is 5.45. The molecule has 3 aromatic carbocycles. The van der Waals surface area contributed by atoms with E-state index in [1.54, 1.807) is 14.1 Å².